The second-order valence-corrected chi connectivity index (χ2v) is 15.6. The fraction of sp³-hybridized carbons (Fsp3) is 0.143. The van der Waals surface area contributed by atoms with E-state index in [1.807, 2.05) is 48.4 Å². The van der Waals surface area contributed by atoms with Gasteiger partial charge in [0.1, 0.15) is 42.4 Å². The van der Waals surface area contributed by atoms with E-state index < -0.39 is 35.6 Å². The standard InChI is InChI=1S/C56H46N6O8/c1-6-38-9-13-43(14-10-38)36-69-54(65)45(34-57)31-40-19-25-48(26-20-40)61-52(63)50(29-30-60(5)47-23-17-42(18-24-47)33-51(59-4)56(67)68-8-3)53(64)62(61)49-27-21-41(22-28-49)32-46(35-58)55(66)70-37-44-15-11-39(7-2)12-16-44/h6-7,9-28,31-33,50H,1-2,8,29-30,36-37H2,3,5H3/b45-31+,46-32+,51-33-. The van der Waals surface area contributed by atoms with E-state index >= 15 is 0 Å². The van der Waals surface area contributed by atoms with Crippen molar-refractivity contribution in [1.82, 2.24) is 0 Å². The number of benzene rings is 5. The Morgan fingerprint density at radius 1 is 0.629 bits per heavy atom. The third-order valence-corrected chi connectivity index (χ3v) is 11.0. The van der Waals surface area contributed by atoms with E-state index in [-0.39, 0.29) is 49.6 Å². The molecule has 14 heteroatoms. The number of amides is 2. The summed E-state index contributed by atoms with van der Waals surface area (Å²) in [5.41, 5.74) is 5.53. The Balaban J connectivity index is 1.22. The Kier molecular flexibility index (Phi) is 16.9. The summed E-state index contributed by atoms with van der Waals surface area (Å²) in [5, 5.41) is 22.2. The summed E-state index contributed by atoms with van der Waals surface area (Å²) in [6, 6.07) is 38.1. The molecule has 0 radical (unpaired) electrons. The normalized spacial score (nSPS) is 12.9. The van der Waals surface area contributed by atoms with Crippen molar-refractivity contribution in [2.24, 2.45) is 5.92 Å². The monoisotopic (exact) mass is 930 g/mol. The highest BCUT2D eigenvalue weighted by Crippen LogP contribution is 2.34. The highest BCUT2D eigenvalue weighted by atomic mass is 16.5. The maximum absolute atomic E-state index is 14.4. The van der Waals surface area contributed by atoms with Crippen molar-refractivity contribution in [3.8, 4) is 12.1 Å². The number of hydrazine groups is 1. The minimum Gasteiger partial charge on any atom is -0.471 e. The lowest BCUT2D eigenvalue weighted by Crippen LogP contribution is -2.41. The number of nitriles is 2. The zero-order chi connectivity index (χ0) is 50.2. The molecule has 1 saturated heterocycles. The molecule has 14 nitrogen and oxygen atoms in total. The van der Waals surface area contributed by atoms with Crippen LogP contribution in [0, 0.1) is 35.2 Å². The number of ether oxygens (including phenoxy) is 3. The van der Waals surface area contributed by atoms with E-state index in [1.165, 1.54) is 28.2 Å². The third kappa shape index (κ3) is 12.4. The van der Waals surface area contributed by atoms with Crippen LogP contribution in [0.25, 0.3) is 35.2 Å². The van der Waals surface area contributed by atoms with Gasteiger partial charge in [0.05, 0.1) is 24.6 Å². The lowest BCUT2D eigenvalue weighted by Gasteiger charge is -2.28. The van der Waals surface area contributed by atoms with Crippen molar-refractivity contribution in [3.05, 3.63) is 202 Å². The maximum Gasteiger partial charge on any atom is 0.349 e. The molecule has 0 aromatic heterocycles. The van der Waals surface area contributed by atoms with Crippen molar-refractivity contribution < 1.29 is 38.2 Å². The van der Waals surface area contributed by atoms with Gasteiger partial charge in [-0.3, -0.25) is 14.4 Å². The molecule has 5 aromatic carbocycles. The van der Waals surface area contributed by atoms with E-state index in [2.05, 4.69) is 18.0 Å². The van der Waals surface area contributed by atoms with Crippen LogP contribution in [0.4, 0.5) is 17.1 Å². The minimum atomic E-state index is -1.12. The summed E-state index contributed by atoms with van der Waals surface area (Å²) < 4.78 is 15.7. The fourth-order valence-corrected chi connectivity index (χ4v) is 7.09. The number of anilines is 3. The molecule has 0 N–H and O–H groups in total. The van der Waals surface area contributed by atoms with Gasteiger partial charge in [-0.25, -0.2) is 24.5 Å². The summed E-state index contributed by atoms with van der Waals surface area (Å²) >= 11 is 0. The molecule has 5 aromatic rings. The van der Waals surface area contributed by atoms with E-state index in [0.29, 0.717) is 28.1 Å². The number of hydrogen-bond acceptors (Lipinski definition) is 11. The first kappa shape index (κ1) is 49.8. The van der Waals surface area contributed by atoms with Gasteiger partial charge in [0, 0.05) is 19.3 Å². The second-order valence-electron chi connectivity index (χ2n) is 15.6. The molecule has 0 aliphatic carbocycles. The van der Waals surface area contributed by atoms with Crippen molar-refractivity contribution in [3.63, 3.8) is 0 Å². The van der Waals surface area contributed by atoms with Crippen LogP contribution in [0.3, 0.4) is 0 Å². The van der Waals surface area contributed by atoms with Crippen molar-refractivity contribution in [1.29, 1.82) is 10.5 Å². The van der Waals surface area contributed by atoms with Gasteiger partial charge in [0.2, 0.25) is 0 Å². The van der Waals surface area contributed by atoms with Crippen LogP contribution in [0.15, 0.2) is 151 Å². The lowest BCUT2D eigenvalue weighted by molar-refractivity contribution is -0.140. The SMILES string of the molecule is [C-]#[N+]/C(=C\c1ccc(N(C)CCC2C(=O)N(c3ccc(/C=C(\C#N)C(=O)OCc4ccc(C=C)cc4)cc3)N(c3ccc(/C=C(\C#N)C(=O)OCc4ccc(C=C)cc4)cc3)C2=O)cc1)C(=O)OCC. The fourth-order valence-electron chi connectivity index (χ4n) is 7.09. The molecule has 70 heavy (non-hydrogen) atoms. The van der Waals surface area contributed by atoms with Gasteiger partial charge in [-0.05, 0) is 107 Å². The Morgan fingerprint density at radius 3 is 1.41 bits per heavy atom. The van der Waals surface area contributed by atoms with E-state index in [9.17, 15) is 34.5 Å². The van der Waals surface area contributed by atoms with Crippen LogP contribution in [-0.4, -0.2) is 49.9 Å². The highest BCUT2D eigenvalue weighted by Gasteiger charge is 2.47. The van der Waals surface area contributed by atoms with Gasteiger partial charge < -0.3 is 19.1 Å². The average Bonchev–Trinajstić information content (AvgIpc) is 3.64. The quantitative estimate of drug-likeness (QED) is 0.0193. The zero-order valence-electron chi connectivity index (χ0n) is 38.4. The third-order valence-electron chi connectivity index (χ3n) is 11.0. The van der Waals surface area contributed by atoms with E-state index in [0.717, 1.165) is 27.9 Å². The largest absolute Gasteiger partial charge is 0.471 e. The minimum absolute atomic E-state index is 0.0465. The number of rotatable bonds is 19. The lowest BCUT2D eigenvalue weighted by atomic mass is 10.0. The van der Waals surface area contributed by atoms with Crippen LogP contribution >= 0.6 is 0 Å². The Hall–Kier alpha value is -9.58. The Morgan fingerprint density at radius 2 is 1.03 bits per heavy atom. The first-order valence-electron chi connectivity index (χ1n) is 21.9. The highest BCUT2D eigenvalue weighted by molar-refractivity contribution is 6.23. The number of esters is 3. The van der Waals surface area contributed by atoms with Gasteiger partial charge in [-0.2, -0.15) is 10.5 Å². The number of carbonyl (C=O) groups excluding carboxylic acids is 5. The maximum atomic E-state index is 14.4. The Bertz CT molecular complexity index is 2850. The molecule has 1 aliphatic heterocycles. The zero-order valence-corrected chi connectivity index (χ0v) is 38.4. The molecule has 0 atom stereocenters. The number of carbonyl (C=O) groups is 5. The summed E-state index contributed by atoms with van der Waals surface area (Å²) in [6.45, 7) is 16.8. The van der Waals surface area contributed by atoms with Crippen LogP contribution in [0.2, 0.25) is 0 Å². The predicted octanol–water partition coefficient (Wildman–Crippen LogP) is 9.53. The molecule has 1 aliphatic rings. The van der Waals surface area contributed by atoms with E-state index in [4.69, 9.17) is 20.8 Å². The van der Waals surface area contributed by atoms with Gasteiger partial charge in [0.25, 0.3) is 17.5 Å². The summed E-state index contributed by atoms with van der Waals surface area (Å²) in [6.07, 6.45) is 7.67. The van der Waals surface area contributed by atoms with Gasteiger partial charge >= 0.3 is 17.9 Å². The van der Waals surface area contributed by atoms with Crippen LogP contribution in [-0.2, 0) is 51.4 Å². The number of hydrogen-bond donors (Lipinski definition) is 0. The molecule has 348 valence electrons. The van der Waals surface area contributed by atoms with Gasteiger partial charge in [-0.1, -0.05) is 110 Å². The molecule has 1 fully saturated rings. The molecular formula is C56H46N6O8. The molecule has 6 rings (SSSR count). The first-order valence-corrected chi connectivity index (χ1v) is 21.9. The smallest absolute Gasteiger partial charge is 0.349 e. The summed E-state index contributed by atoms with van der Waals surface area (Å²) in [5.74, 6) is -4.48. The van der Waals surface area contributed by atoms with Gasteiger partial charge in [0.15, 0.2) is 0 Å². The average molecular weight is 931 g/mol. The van der Waals surface area contributed by atoms with Crippen LogP contribution in [0.1, 0.15) is 52.3 Å². The summed E-state index contributed by atoms with van der Waals surface area (Å²) in [7, 11) is 1.81. The summed E-state index contributed by atoms with van der Waals surface area (Å²) in [4.78, 5) is 71.9. The molecular weight excluding hydrogens is 885 g/mol. The van der Waals surface area contributed by atoms with Gasteiger partial charge in [-0.15, -0.1) is 0 Å². The first-order chi connectivity index (χ1) is 33.9. The molecule has 1 heterocycles. The number of nitrogens with zero attached hydrogens (tertiary/aromatic N) is 6. The molecule has 0 unspecified atom stereocenters. The predicted molar refractivity (Wildman–Crippen MR) is 267 cm³/mol. The van der Waals surface area contributed by atoms with Crippen molar-refractivity contribution in [2.45, 2.75) is 26.6 Å². The Labute approximate surface area is 405 Å². The molecule has 0 spiro atoms. The molecule has 2 amide bonds. The molecule has 0 bridgehead atoms. The van der Waals surface area contributed by atoms with Crippen LogP contribution in [0.5, 0.6) is 0 Å². The second kappa shape index (κ2) is 23.7. The van der Waals surface area contributed by atoms with Crippen molar-refractivity contribution in [2.75, 3.05) is 35.1 Å². The molecule has 0 saturated carbocycles. The van der Waals surface area contributed by atoms with E-state index in [1.54, 1.807) is 116 Å². The van der Waals surface area contributed by atoms with Crippen LogP contribution < -0.4 is 14.9 Å². The topological polar surface area (TPSA) is 175 Å². The van der Waals surface area contributed by atoms with Crippen molar-refractivity contribution >= 4 is 77.2 Å².